The topological polar surface area (TPSA) is 52.6 Å². The molecule has 0 aromatic heterocycles. The summed E-state index contributed by atoms with van der Waals surface area (Å²) in [6, 6.07) is 10.4. The second-order valence-corrected chi connectivity index (χ2v) is 9.00. The van der Waals surface area contributed by atoms with Gasteiger partial charge in [0.05, 0.1) is 4.90 Å². The average Bonchev–Trinajstić information content (AvgIpc) is 2.65. The lowest BCUT2D eigenvalue weighted by Gasteiger charge is -2.35. The van der Waals surface area contributed by atoms with Gasteiger partial charge in [-0.25, -0.2) is 12.8 Å². The minimum absolute atomic E-state index is 0.0904. The van der Waals surface area contributed by atoms with E-state index in [0.717, 1.165) is 23.4 Å². The van der Waals surface area contributed by atoms with Crippen LogP contribution < -0.4 is 5.32 Å². The Morgan fingerprint density at radius 3 is 2.37 bits per heavy atom. The van der Waals surface area contributed by atoms with Crippen molar-refractivity contribution in [1.29, 1.82) is 0 Å². The van der Waals surface area contributed by atoms with Crippen molar-refractivity contribution in [3.05, 3.63) is 58.9 Å². The number of piperazine rings is 1. The lowest BCUT2D eigenvalue weighted by molar-refractivity contribution is 0.268. The molecule has 0 bridgehead atoms. The summed E-state index contributed by atoms with van der Waals surface area (Å²) in [5.74, 6) is -0.466. The monoisotopic (exact) mass is 427 g/mol. The minimum Gasteiger partial charge on any atom is -0.346 e. The van der Waals surface area contributed by atoms with Gasteiger partial charge in [0.2, 0.25) is 10.0 Å². The Bertz CT molecular complexity index is 944. The van der Waals surface area contributed by atoms with Gasteiger partial charge in [0, 0.05) is 36.9 Å². The summed E-state index contributed by atoms with van der Waals surface area (Å²) >= 11 is 11.5. The van der Waals surface area contributed by atoms with Crippen LogP contribution in [0.5, 0.6) is 0 Å². The van der Waals surface area contributed by atoms with Crippen molar-refractivity contribution in [3.8, 4) is 0 Å². The zero-order chi connectivity index (χ0) is 19.6. The number of nitrogens with one attached hydrogen (secondary N) is 1. The van der Waals surface area contributed by atoms with E-state index in [1.807, 2.05) is 24.0 Å². The average molecular weight is 428 g/mol. The van der Waals surface area contributed by atoms with E-state index in [1.54, 1.807) is 6.07 Å². The first-order valence-electron chi connectivity index (χ1n) is 8.35. The molecule has 0 unspecified atom stereocenters. The predicted octanol–water partition coefficient (Wildman–Crippen LogP) is 3.49. The van der Waals surface area contributed by atoms with Crippen molar-refractivity contribution in [2.45, 2.75) is 11.8 Å². The van der Waals surface area contributed by atoms with E-state index in [0.29, 0.717) is 36.3 Å². The molecule has 1 heterocycles. The van der Waals surface area contributed by atoms with Crippen LogP contribution in [0.15, 0.2) is 47.4 Å². The Morgan fingerprint density at radius 1 is 1.11 bits per heavy atom. The number of anilines is 1. The minimum atomic E-state index is -3.64. The molecule has 0 saturated carbocycles. The summed E-state index contributed by atoms with van der Waals surface area (Å²) in [7, 11) is -3.64. The van der Waals surface area contributed by atoms with Gasteiger partial charge in [-0.15, -0.1) is 0 Å². The van der Waals surface area contributed by atoms with Crippen LogP contribution >= 0.6 is 23.8 Å². The third-order valence-electron chi connectivity index (χ3n) is 4.42. The van der Waals surface area contributed by atoms with Crippen molar-refractivity contribution in [2.24, 2.45) is 0 Å². The largest absolute Gasteiger partial charge is 0.346 e. The van der Waals surface area contributed by atoms with Crippen molar-refractivity contribution < 1.29 is 12.8 Å². The number of thiocarbonyl (C=S) groups is 1. The Hall–Kier alpha value is -1.74. The third-order valence-corrected chi connectivity index (χ3v) is 6.93. The molecular formula is C18H19ClFN3O2S2. The molecule has 3 rings (SSSR count). The number of rotatable bonds is 3. The molecule has 0 amide bonds. The molecule has 0 spiro atoms. The number of hydrogen-bond acceptors (Lipinski definition) is 3. The SMILES string of the molecule is Cc1ccc(Cl)cc1NC(=S)N1CCN(S(=O)(=O)c2ccc(F)cc2)CC1. The number of benzene rings is 2. The lowest BCUT2D eigenvalue weighted by Crippen LogP contribution is -2.51. The van der Waals surface area contributed by atoms with Crippen LogP contribution in [-0.4, -0.2) is 48.9 Å². The van der Waals surface area contributed by atoms with Crippen molar-refractivity contribution in [1.82, 2.24) is 9.21 Å². The standard InChI is InChI=1S/C18H19ClFN3O2S2/c1-13-2-3-14(19)12-17(13)21-18(26)22-8-10-23(11-9-22)27(24,25)16-6-4-15(20)5-7-16/h2-7,12H,8-11H2,1H3,(H,21,26). The molecule has 5 nitrogen and oxygen atoms in total. The Labute approximate surface area is 168 Å². The van der Waals surface area contributed by atoms with Gasteiger partial charge in [0.1, 0.15) is 5.82 Å². The van der Waals surface area contributed by atoms with E-state index < -0.39 is 15.8 Å². The molecule has 1 N–H and O–H groups in total. The van der Waals surface area contributed by atoms with E-state index >= 15 is 0 Å². The normalized spacial score (nSPS) is 15.6. The quantitative estimate of drug-likeness (QED) is 0.760. The van der Waals surface area contributed by atoms with Gasteiger partial charge < -0.3 is 10.2 Å². The van der Waals surface area contributed by atoms with Gasteiger partial charge in [-0.3, -0.25) is 0 Å². The molecule has 9 heteroatoms. The fraction of sp³-hybridized carbons (Fsp3) is 0.278. The number of aryl methyl sites for hydroxylation is 1. The highest BCUT2D eigenvalue weighted by Crippen LogP contribution is 2.22. The Morgan fingerprint density at radius 2 is 1.74 bits per heavy atom. The molecule has 2 aromatic rings. The van der Waals surface area contributed by atoms with E-state index in [1.165, 1.54) is 16.4 Å². The highest BCUT2D eigenvalue weighted by Gasteiger charge is 2.29. The summed E-state index contributed by atoms with van der Waals surface area (Å²) in [4.78, 5) is 2.01. The molecule has 144 valence electrons. The first-order valence-corrected chi connectivity index (χ1v) is 10.6. The van der Waals surface area contributed by atoms with Crippen LogP contribution in [0, 0.1) is 12.7 Å². The summed E-state index contributed by atoms with van der Waals surface area (Å²) in [5, 5.41) is 4.31. The van der Waals surface area contributed by atoms with Crippen LogP contribution in [-0.2, 0) is 10.0 Å². The first kappa shape index (κ1) is 20.0. The zero-order valence-corrected chi connectivity index (χ0v) is 17.0. The number of nitrogens with zero attached hydrogens (tertiary/aromatic N) is 2. The number of halogens is 2. The van der Waals surface area contributed by atoms with Crippen LogP contribution in [0.1, 0.15) is 5.56 Å². The first-order chi connectivity index (χ1) is 12.8. The van der Waals surface area contributed by atoms with Crippen LogP contribution in [0.25, 0.3) is 0 Å². The molecule has 0 radical (unpaired) electrons. The van der Waals surface area contributed by atoms with Crippen LogP contribution in [0.4, 0.5) is 10.1 Å². The molecule has 1 saturated heterocycles. The maximum absolute atomic E-state index is 13.0. The maximum Gasteiger partial charge on any atom is 0.243 e. The summed E-state index contributed by atoms with van der Waals surface area (Å²) in [5.41, 5.74) is 1.84. The van der Waals surface area contributed by atoms with E-state index in [2.05, 4.69) is 5.32 Å². The number of hydrogen-bond donors (Lipinski definition) is 1. The molecule has 1 aliphatic rings. The third kappa shape index (κ3) is 4.57. The van der Waals surface area contributed by atoms with Gasteiger partial charge in [-0.05, 0) is 61.1 Å². The molecular weight excluding hydrogens is 409 g/mol. The second-order valence-electron chi connectivity index (χ2n) is 6.23. The van der Waals surface area contributed by atoms with E-state index in [4.69, 9.17) is 23.8 Å². The van der Waals surface area contributed by atoms with Crippen molar-refractivity contribution in [3.63, 3.8) is 0 Å². The predicted molar refractivity (Wildman–Crippen MR) is 109 cm³/mol. The molecule has 0 atom stereocenters. The zero-order valence-electron chi connectivity index (χ0n) is 14.7. The fourth-order valence-corrected chi connectivity index (χ4v) is 4.70. The van der Waals surface area contributed by atoms with Gasteiger partial charge >= 0.3 is 0 Å². The number of sulfonamides is 1. The molecule has 1 fully saturated rings. The second kappa shape index (κ2) is 8.10. The highest BCUT2D eigenvalue weighted by atomic mass is 35.5. The molecule has 1 aliphatic heterocycles. The smallest absolute Gasteiger partial charge is 0.243 e. The summed E-state index contributed by atoms with van der Waals surface area (Å²) in [6.07, 6.45) is 0. The van der Waals surface area contributed by atoms with Gasteiger partial charge in [-0.2, -0.15) is 4.31 Å². The van der Waals surface area contributed by atoms with E-state index in [9.17, 15) is 12.8 Å². The van der Waals surface area contributed by atoms with E-state index in [-0.39, 0.29) is 4.90 Å². The molecule has 2 aromatic carbocycles. The van der Waals surface area contributed by atoms with Crippen molar-refractivity contribution in [2.75, 3.05) is 31.5 Å². The molecule has 0 aliphatic carbocycles. The highest BCUT2D eigenvalue weighted by molar-refractivity contribution is 7.89. The van der Waals surface area contributed by atoms with Crippen LogP contribution in [0.2, 0.25) is 5.02 Å². The Kier molecular flexibility index (Phi) is 6.00. The summed E-state index contributed by atoms with van der Waals surface area (Å²) < 4.78 is 39.8. The van der Waals surface area contributed by atoms with Gasteiger partial charge in [-0.1, -0.05) is 17.7 Å². The Balaban J connectivity index is 1.63. The fourth-order valence-electron chi connectivity index (χ4n) is 2.81. The van der Waals surface area contributed by atoms with Gasteiger partial charge in [0.15, 0.2) is 5.11 Å². The van der Waals surface area contributed by atoms with Crippen molar-refractivity contribution >= 4 is 44.6 Å². The maximum atomic E-state index is 13.0. The summed E-state index contributed by atoms with van der Waals surface area (Å²) in [6.45, 7) is 3.48. The lowest BCUT2D eigenvalue weighted by atomic mass is 10.2. The molecule has 27 heavy (non-hydrogen) atoms. The van der Waals surface area contributed by atoms with Gasteiger partial charge in [0.25, 0.3) is 0 Å². The van der Waals surface area contributed by atoms with Crippen LogP contribution in [0.3, 0.4) is 0 Å².